The lowest BCUT2D eigenvalue weighted by Crippen LogP contribution is -2.41. The molecular weight excluding hydrogens is 230 g/mol. The Morgan fingerprint density at radius 2 is 1.79 bits per heavy atom. The van der Waals surface area contributed by atoms with Gasteiger partial charge in [-0.25, -0.2) is 8.42 Å². The highest BCUT2D eigenvalue weighted by atomic mass is 35.5. The molecule has 0 aromatic carbocycles. The molecule has 1 saturated heterocycles. The van der Waals surface area contributed by atoms with Crippen LogP contribution in [0, 0.1) is 5.92 Å². The first-order valence-corrected chi connectivity index (χ1v) is 5.93. The number of nitrogens with two attached hydrogens (primary N) is 1. The monoisotopic (exact) mass is 243 g/mol. The molecule has 0 aromatic rings. The van der Waals surface area contributed by atoms with E-state index >= 15 is 0 Å². The maximum Gasteiger partial charge on any atom is 0.320 e. The molecule has 0 saturated carbocycles. The van der Waals surface area contributed by atoms with Gasteiger partial charge in [0.05, 0.1) is 11.5 Å². The summed E-state index contributed by atoms with van der Waals surface area (Å²) in [5.41, 5.74) is 5.39. The number of rotatable bonds is 2. The Bertz CT molecular complexity index is 289. The zero-order valence-corrected chi connectivity index (χ0v) is 9.18. The number of aliphatic carboxylic acids is 1. The van der Waals surface area contributed by atoms with Crippen LogP contribution >= 0.6 is 12.4 Å². The molecule has 7 heteroatoms. The van der Waals surface area contributed by atoms with Gasteiger partial charge in [-0.05, 0) is 18.8 Å². The van der Waals surface area contributed by atoms with Crippen LogP contribution in [0.2, 0.25) is 0 Å². The second-order valence-electron chi connectivity index (χ2n) is 3.35. The van der Waals surface area contributed by atoms with Gasteiger partial charge in [0.1, 0.15) is 15.9 Å². The number of sulfone groups is 1. The second-order valence-corrected chi connectivity index (χ2v) is 5.66. The van der Waals surface area contributed by atoms with E-state index in [1.54, 1.807) is 0 Å². The van der Waals surface area contributed by atoms with Crippen LogP contribution in [-0.4, -0.2) is 37.0 Å². The third-order valence-corrected chi connectivity index (χ3v) is 4.11. The molecule has 0 bridgehead atoms. The van der Waals surface area contributed by atoms with Crippen LogP contribution < -0.4 is 5.73 Å². The summed E-state index contributed by atoms with van der Waals surface area (Å²) in [6.07, 6.45) is 0.742. The predicted molar refractivity (Wildman–Crippen MR) is 54.2 cm³/mol. The maximum absolute atomic E-state index is 11.0. The normalized spacial score (nSPS) is 23.5. The van der Waals surface area contributed by atoms with Crippen molar-refractivity contribution >= 4 is 28.2 Å². The van der Waals surface area contributed by atoms with Crippen molar-refractivity contribution in [2.24, 2.45) is 11.7 Å². The van der Waals surface area contributed by atoms with Crippen LogP contribution in [0.4, 0.5) is 0 Å². The molecule has 0 radical (unpaired) electrons. The van der Waals surface area contributed by atoms with Crippen LogP contribution in [0.1, 0.15) is 12.8 Å². The van der Waals surface area contributed by atoms with E-state index < -0.39 is 21.8 Å². The Kier molecular flexibility index (Phi) is 4.83. The Hall–Kier alpha value is -0.330. The Morgan fingerprint density at radius 1 is 1.36 bits per heavy atom. The summed E-state index contributed by atoms with van der Waals surface area (Å²) in [4.78, 5) is 10.5. The molecule has 0 aliphatic carbocycles. The number of hydrogen-bond donors (Lipinski definition) is 2. The van der Waals surface area contributed by atoms with E-state index in [9.17, 15) is 13.2 Å². The average Bonchev–Trinajstić information content (AvgIpc) is 2.03. The molecule has 1 atom stereocenters. The van der Waals surface area contributed by atoms with Crippen molar-refractivity contribution in [2.45, 2.75) is 18.9 Å². The van der Waals surface area contributed by atoms with Crippen LogP contribution in [-0.2, 0) is 14.6 Å². The number of carbonyl (C=O) groups is 1. The van der Waals surface area contributed by atoms with E-state index in [0.29, 0.717) is 12.8 Å². The van der Waals surface area contributed by atoms with Crippen molar-refractivity contribution in [2.75, 3.05) is 11.5 Å². The molecule has 0 amide bonds. The van der Waals surface area contributed by atoms with Crippen molar-refractivity contribution in [3.8, 4) is 0 Å². The molecule has 1 aliphatic heterocycles. The Morgan fingerprint density at radius 3 is 2.14 bits per heavy atom. The van der Waals surface area contributed by atoms with Gasteiger partial charge < -0.3 is 10.8 Å². The third-order valence-electron chi connectivity index (χ3n) is 2.39. The molecule has 1 heterocycles. The fraction of sp³-hybridized carbons (Fsp3) is 0.857. The molecule has 1 aliphatic rings. The minimum absolute atomic E-state index is 0. The Balaban J connectivity index is 0.00000169. The first kappa shape index (κ1) is 13.7. The number of halogens is 1. The molecule has 84 valence electrons. The van der Waals surface area contributed by atoms with Gasteiger partial charge in [-0.2, -0.15) is 0 Å². The van der Waals surface area contributed by atoms with Gasteiger partial charge in [0, 0.05) is 0 Å². The summed E-state index contributed by atoms with van der Waals surface area (Å²) in [5.74, 6) is -1.11. The van der Waals surface area contributed by atoms with Gasteiger partial charge in [-0.1, -0.05) is 0 Å². The minimum Gasteiger partial charge on any atom is -0.480 e. The second kappa shape index (κ2) is 4.95. The van der Waals surface area contributed by atoms with Crippen LogP contribution in [0.3, 0.4) is 0 Å². The smallest absolute Gasteiger partial charge is 0.320 e. The minimum atomic E-state index is -2.92. The van der Waals surface area contributed by atoms with Crippen molar-refractivity contribution < 1.29 is 18.3 Å². The van der Waals surface area contributed by atoms with Gasteiger partial charge in [0.15, 0.2) is 0 Å². The van der Waals surface area contributed by atoms with E-state index in [4.69, 9.17) is 10.8 Å². The summed E-state index contributed by atoms with van der Waals surface area (Å²) in [5, 5.41) is 8.59. The summed E-state index contributed by atoms with van der Waals surface area (Å²) in [7, 11) is -2.92. The van der Waals surface area contributed by atoms with E-state index in [1.807, 2.05) is 0 Å². The van der Waals surface area contributed by atoms with Gasteiger partial charge in [-0.15, -0.1) is 12.4 Å². The first-order valence-electron chi connectivity index (χ1n) is 4.11. The third kappa shape index (κ3) is 3.43. The van der Waals surface area contributed by atoms with Crippen molar-refractivity contribution in [1.29, 1.82) is 0 Å². The molecule has 1 fully saturated rings. The quantitative estimate of drug-likeness (QED) is 0.691. The van der Waals surface area contributed by atoms with Gasteiger partial charge in [0.25, 0.3) is 0 Å². The number of carboxylic acids is 1. The highest BCUT2D eigenvalue weighted by molar-refractivity contribution is 7.91. The van der Waals surface area contributed by atoms with Crippen molar-refractivity contribution in [1.82, 2.24) is 0 Å². The standard InChI is InChI=1S/C7H13NO4S.ClH/c8-6(7(9)10)5-1-3-13(11,12)4-2-5;/h5-6H,1-4,8H2,(H,9,10);1H/t6-;/m0./s1. The van der Waals surface area contributed by atoms with Crippen molar-refractivity contribution in [3.05, 3.63) is 0 Å². The summed E-state index contributed by atoms with van der Waals surface area (Å²) in [6, 6.07) is -0.921. The zero-order valence-electron chi connectivity index (χ0n) is 7.55. The van der Waals surface area contributed by atoms with E-state index in [0.717, 1.165) is 0 Å². The van der Waals surface area contributed by atoms with Gasteiger partial charge in [-0.3, -0.25) is 4.79 Å². The molecule has 14 heavy (non-hydrogen) atoms. The highest BCUT2D eigenvalue weighted by Crippen LogP contribution is 2.21. The zero-order chi connectivity index (χ0) is 10.1. The largest absolute Gasteiger partial charge is 0.480 e. The molecule has 5 nitrogen and oxygen atoms in total. The Labute approximate surface area is 89.0 Å². The van der Waals surface area contributed by atoms with Crippen LogP contribution in [0.15, 0.2) is 0 Å². The number of hydrogen-bond acceptors (Lipinski definition) is 4. The molecule has 0 unspecified atom stereocenters. The molecule has 0 aromatic heterocycles. The fourth-order valence-electron chi connectivity index (χ4n) is 1.47. The van der Waals surface area contributed by atoms with Crippen LogP contribution in [0.5, 0.6) is 0 Å². The summed E-state index contributed by atoms with van der Waals surface area (Å²) >= 11 is 0. The molecule has 3 N–H and O–H groups in total. The summed E-state index contributed by atoms with van der Waals surface area (Å²) in [6.45, 7) is 0. The highest BCUT2D eigenvalue weighted by Gasteiger charge is 2.30. The lowest BCUT2D eigenvalue weighted by molar-refractivity contribution is -0.139. The van der Waals surface area contributed by atoms with E-state index in [-0.39, 0.29) is 29.8 Å². The van der Waals surface area contributed by atoms with E-state index in [1.165, 1.54) is 0 Å². The summed E-state index contributed by atoms with van der Waals surface area (Å²) < 4.78 is 22.0. The topological polar surface area (TPSA) is 97.5 Å². The predicted octanol–water partition coefficient (Wildman–Crippen LogP) is -0.355. The molecular formula is C7H14ClNO4S. The average molecular weight is 244 g/mol. The number of carboxylic acid groups (broad SMARTS) is 1. The van der Waals surface area contributed by atoms with Crippen LogP contribution in [0.25, 0.3) is 0 Å². The fourth-order valence-corrected chi connectivity index (χ4v) is 3.00. The molecule has 1 rings (SSSR count). The van der Waals surface area contributed by atoms with Crippen molar-refractivity contribution in [3.63, 3.8) is 0 Å². The van der Waals surface area contributed by atoms with E-state index in [2.05, 4.69) is 0 Å². The lowest BCUT2D eigenvalue weighted by atomic mass is 9.94. The maximum atomic E-state index is 11.0. The molecule has 0 spiro atoms. The first-order chi connectivity index (χ1) is 5.92. The SMILES string of the molecule is Cl.N[C@H](C(=O)O)C1CCS(=O)(=O)CC1. The van der Waals surface area contributed by atoms with Gasteiger partial charge in [0.2, 0.25) is 0 Å². The lowest BCUT2D eigenvalue weighted by Gasteiger charge is -2.24. The van der Waals surface area contributed by atoms with Gasteiger partial charge >= 0.3 is 5.97 Å².